The van der Waals surface area contributed by atoms with Crippen molar-refractivity contribution in [3.63, 3.8) is 0 Å². The number of rotatable bonds is 5. The minimum absolute atomic E-state index is 0.194. The SMILES string of the molecule is Fc1ccc(C2[NH+](Cc3ccc(Cl)cc3)CC[NH+]2Cc2ccc(Cl)cc2)cc1. The first-order valence-electron chi connectivity index (χ1n) is 9.52. The van der Waals surface area contributed by atoms with E-state index in [1.165, 1.54) is 26.5 Å². The van der Waals surface area contributed by atoms with Gasteiger partial charge in [-0.1, -0.05) is 47.5 Å². The number of halogens is 3. The Morgan fingerprint density at radius 3 is 1.54 bits per heavy atom. The molecule has 1 aliphatic rings. The van der Waals surface area contributed by atoms with Crippen LogP contribution in [0, 0.1) is 5.82 Å². The zero-order valence-electron chi connectivity index (χ0n) is 15.5. The third-order valence-corrected chi connectivity index (χ3v) is 5.98. The van der Waals surface area contributed by atoms with Crippen LogP contribution in [0.5, 0.6) is 0 Å². The molecular formula is C23H23Cl2FN2+2. The molecule has 28 heavy (non-hydrogen) atoms. The Hall–Kier alpha value is -1.91. The van der Waals surface area contributed by atoms with Crippen molar-refractivity contribution in [1.82, 2.24) is 0 Å². The summed E-state index contributed by atoms with van der Waals surface area (Å²) in [6.45, 7) is 3.97. The molecule has 1 heterocycles. The van der Waals surface area contributed by atoms with Crippen LogP contribution in [0.1, 0.15) is 22.9 Å². The van der Waals surface area contributed by atoms with Crippen LogP contribution in [-0.4, -0.2) is 13.1 Å². The van der Waals surface area contributed by atoms with Crippen LogP contribution in [0.15, 0.2) is 72.8 Å². The highest BCUT2D eigenvalue weighted by Gasteiger charge is 2.40. The lowest BCUT2D eigenvalue weighted by Gasteiger charge is -2.25. The monoisotopic (exact) mass is 416 g/mol. The van der Waals surface area contributed by atoms with E-state index >= 15 is 0 Å². The van der Waals surface area contributed by atoms with Gasteiger partial charge in [0.15, 0.2) is 0 Å². The van der Waals surface area contributed by atoms with Gasteiger partial charge in [0.05, 0.1) is 5.56 Å². The van der Waals surface area contributed by atoms with Gasteiger partial charge in [-0.25, -0.2) is 4.39 Å². The molecule has 0 spiro atoms. The first-order valence-corrected chi connectivity index (χ1v) is 10.3. The van der Waals surface area contributed by atoms with Crippen LogP contribution >= 0.6 is 23.2 Å². The molecule has 1 saturated heterocycles. The lowest BCUT2D eigenvalue weighted by atomic mass is 10.1. The molecule has 1 fully saturated rings. The molecule has 0 amide bonds. The van der Waals surface area contributed by atoms with Gasteiger partial charge in [-0.05, 0) is 48.5 Å². The zero-order valence-corrected chi connectivity index (χ0v) is 17.0. The lowest BCUT2D eigenvalue weighted by Crippen LogP contribution is -3.22. The molecule has 2 nitrogen and oxygen atoms in total. The first kappa shape index (κ1) is 19.4. The average molecular weight is 417 g/mol. The topological polar surface area (TPSA) is 8.88 Å². The summed E-state index contributed by atoms with van der Waals surface area (Å²) in [6.07, 6.45) is 0.256. The number of nitrogens with one attached hydrogen (secondary N) is 2. The second kappa shape index (κ2) is 8.62. The predicted octanol–water partition coefficient (Wildman–Crippen LogP) is 3.31. The quantitative estimate of drug-likeness (QED) is 0.631. The molecule has 3 aromatic rings. The predicted molar refractivity (Wildman–Crippen MR) is 111 cm³/mol. The Balaban J connectivity index is 1.59. The van der Waals surface area contributed by atoms with Crippen LogP contribution in [-0.2, 0) is 13.1 Å². The third-order valence-electron chi connectivity index (χ3n) is 5.48. The lowest BCUT2D eigenvalue weighted by molar-refractivity contribution is -1.09. The van der Waals surface area contributed by atoms with Gasteiger partial charge >= 0.3 is 0 Å². The summed E-state index contributed by atoms with van der Waals surface area (Å²) < 4.78 is 13.5. The Bertz CT molecular complexity index is 855. The maximum atomic E-state index is 13.5. The maximum Gasteiger partial charge on any atom is 0.241 e. The number of hydrogen-bond acceptors (Lipinski definition) is 0. The van der Waals surface area contributed by atoms with E-state index in [0.29, 0.717) is 0 Å². The fraction of sp³-hybridized carbons (Fsp3) is 0.217. The number of benzene rings is 3. The molecule has 0 radical (unpaired) electrons. The molecule has 2 atom stereocenters. The van der Waals surface area contributed by atoms with Gasteiger partial charge in [-0.2, -0.15) is 0 Å². The maximum absolute atomic E-state index is 13.5. The van der Waals surface area contributed by atoms with E-state index in [-0.39, 0.29) is 12.0 Å². The summed E-state index contributed by atoms with van der Waals surface area (Å²) >= 11 is 12.1. The molecule has 0 aliphatic carbocycles. The molecular weight excluding hydrogens is 394 g/mol. The summed E-state index contributed by atoms with van der Waals surface area (Å²) in [6, 6.07) is 23.1. The Morgan fingerprint density at radius 2 is 1.11 bits per heavy atom. The number of quaternary nitrogens is 2. The molecule has 4 rings (SSSR count). The Kier molecular flexibility index (Phi) is 5.98. The summed E-state index contributed by atoms with van der Waals surface area (Å²) in [4.78, 5) is 2.97. The van der Waals surface area contributed by atoms with Gasteiger partial charge in [0.2, 0.25) is 6.17 Å². The summed E-state index contributed by atoms with van der Waals surface area (Å²) in [5, 5.41) is 1.51. The fourth-order valence-corrected chi connectivity index (χ4v) is 4.39. The van der Waals surface area contributed by atoms with Crippen molar-refractivity contribution in [2.45, 2.75) is 19.3 Å². The average Bonchev–Trinajstić information content (AvgIpc) is 3.08. The minimum atomic E-state index is -0.194. The van der Waals surface area contributed by atoms with Crippen molar-refractivity contribution in [2.75, 3.05) is 13.1 Å². The zero-order chi connectivity index (χ0) is 19.5. The van der Waals surface area contributed by atoms with Crippen molar-refractivity contribution in [1.29, 1.82) is 0 Å². The van der Waals surface area contributed by atoms with Gasteiger partial charge in [-0.3, -0.25) is 9.80 Å². The smallest absolute Gasteiger partial charge is 0.241 e. The largest absolute Gasteiger partial charge is 0.274 e. The Labute approximate surface area is 175 Å². The van der Waals surface area contributed by atoms with E-state index in [4.69, 9.17) is 23.2 Å². The van der Waals surface area contributed by atoms with Gasteiger partial charge in [-0.15, -0.1) is 0 Å². The minimum Gasteiger partial charge on any atom is -0.274 e. The summed E-state index contributed by atoms with van der Waals surface area (Å²) in [5.74, 6) is -0.194. The van der Waals surface area contributed by atoms with Crippen molar-refractivity contribution >= 4 is 23.2 Å². The molecule has 2 unspecified atom stereocenters. The highest BCUT2D eigenvalue weighted by atomic mass is 35.5. The van der Waals surface area contributed by atoms with Crippen LogP contribution < -0.4 is 9.80 Å². The highest BCUT2D eigenvalue weighted by Crippen LogP contribution is 2.13. The molecule has 0 saturated carbocycles. The molecule has 0 bridgehead atoms. The van der Waals surface area contributed by atoms with Crippen LogP contribution in [0.2, 0.25) is 10.0 Å². The van der Waals surface area contributed by atoms with Crippen molar-refractivity contribution in [3.05, 3.63) is 105 Å². The summed E-state index contributed by atoms with van der Waals surface area (Å²) in [7, 11) is 0. The molecule has 144 valence electrons. The van der Waals surface area contributed by atoms with Gasteiger partial charge in [0, 0.05) is 21.2 Å². The normalized spacial score (nSPS) is 21.8. The molecule has 1 aliphatic heterocycles. The molecule has 0 aromatic heterocycles. The second-order valence-electron chi connectivity index (χ2n) is 7.41. The van der Waals surface area contributed by atoms with Crippen LogP contribution in [0.4, 0.5) is 4.39 Å². The highest BCUT2D eigenvalue weighted by molar-refractivity contribution is 6.30. The van der Waals surface area contributed by atoms with Gasteiger partial charge in [0.25, 0.3) is 0 Å². The summed E-state index contributed by atoms with van der Waals surface area (Å²) in [5.41, 5.74) is 3.70. The first-order chi connectivity index (χ1) is 13.6. The van der Waals surface area contributed by atoms with Crippen molar-refractivity contribution in [2.24, 2.45) is 0 Å². The second-order valence-corrected chi connectivity index (χ2v) is 8.28. The third kappa shape index (κ3) is 4.56. The molecule has 5 heteroatoms. The van der Waals surface area contributed by atoms with E-state index in [1.54, 1.807) is 12.1 Å². The van der Waals surface area contributed by atoms with Crippen molar-refractivity contribution < 1.29 is 14.2 Å². The van der Waals surface area contributed by atoms with Crippen molar-refractivity contribution in [3.8, 4) is 0 Å². The molecule has 3 aromatic carbocycles. The Morgan fingerprint density at radius 1 is 0.679 bits per heavy atom. The van der Waals surface area contributed by atoms with E-state index in [9.17, 15) is 4.39 Å². The molecule has 2 N–H and O–H groups in total. The standard InChI is InChI=1S/C23H21Cl2FN2/c24-20-7-1-17(2-8-20)15-27-13-14-28(16-18-3-9-21(25)10-4-18)23(27)19-5-11-22(26)12-6-19/h1-12,23H,13-16H2/p+2. The van der Waals surface area contributed by atoms with Gasteiger partial charge < -0.3 is 0 Å². The van der Waals surface area contributed by atoms with Gasteiger partial charge in [0.1, 0.15) is 32.0 Å². The van der Waals surface area contributed by atoms with E-state index in [1.807, 2.05) is 36.4 Å². The van der Waals surface area contributed by atoms with Crippen LogP contribution in [0.3, 0.4) is 0 Å². The van der Waals surface area contributed by atoms with Crippen LogP contribution in [0.25, 0.3) is 0 Å². The van der Waals surface area contributed by atoms with E-state index in [0.717, 1.165) is 36.2 Å². The number of hydrogen-bond donors (Lipinski definition) is 2. The fourth-order valence-electron chi connectivity index (χ4n) is 4.13. The van der Waals surface area contributed by atoms with E-state index < -0.39 is 0 Å². The van der Waals surface area contributed by atoms with E-state index in [2.05, 4.69) is 24.3 Å².